The smallest absolute Gasteiger partial charge is 0.273 e. The van der Waals surface area contributed by atoms with Gasteiger partial charge in [0.05, 0.1) is 11.6 Å². The molecule has 21 heavy (non-hydrogen) atoms. The Morgan fingerprint density at radius 1 is 1.48 bits per heavy atom. The van der Waals surface area contributed by atoms with Gasteiger partial charge in [0.2, 0.25) is 0 Å². The minimum absolute atomic E-state index is 0.0945. The molecule has 1 unspecified atom stereocenters. The van der Waals surface area contributed by atoms with Crippen LogP contribution in [0.3, 0.4) is 0 Å². The summed E-state index contributed by atoms with van der Waals surface area (Å²) in [7, 11) is 1.74. The highest BCUT2D eigenvalue weighted by atomic mass is 32.1. The van der Waals surface area contributed by atoms with Crippen molar-refractivity contribution in [3.05, 3.63) is 16.1 Å². The molecular weight excluding hydrogens is 286 g/mol. The second kappa shape index (κ2) is 6.02. The molecule has 0 saturated carbocycles. The maximum atomic E-state index is 12.6. The number of aromatic nitrogens is 1. The van der Waals surface area contributed by atoms with Crippen molar-refractivity contribution < 1.29 is 9.53 Å². The van der Waals surface area contributed by atoms with Gasteiger partial charge in [0.1, 0.15) is 5.69 Å². The summed E-state index contributed by atoms with van der Waals surface area (Å²) in [5, 5.41) is 2.83. The molecule has 2 fully saturated rings. The van der Waals surface area contributed by atoms with Crippen molar-refractivity contribution in [1.82, 2.24) is 14.8 Å². The highest BCUT2D eigenvalue weighted by Gasteiger charge is 2.47. The van der Waals surface area contributed by atoms with Crippen LogP contribution >= 0.6 is 11.3 Å². The van der Waals surface area contributed by atoms with Gasteiger partial charge in [0, 0.05) is 44.2 Å². The first-order valence-corrected chi connectivity index (χ1v) is 8.48. The van der Waals surface area contributed by atoms with E-state index in [4.69, 9.17) is 4.74 Å². The molecule has 2 aliphatic heterocycles. The van der Waals surface area contributed by atoms with E-state index in [-0.39, 0.29) is 11.4 Å². The molecule has 5 nitrogen and oxygen atoms in total. The molecule has 0 aliphatic carbocycles. The third-order valence-electron chi connectivity index (χ3n) is 4.76. The lowest BCUT2D eigenvalue weighted by Gasteiger charge is -2.57. The van der Waals surface area contributed by atoms with Gasteiger partial charge in [-0.1, -0.05) is 0 Å². The standard InChI is InChI=1S/C15H23N3O2S/c1-12-16-13(10-21-12)14(19)17-6-3-4-15(11-17)5-7-18(15)8-9-20-2/h10H,3-9,11H2,1-2H3. The Labute approximate surface area is 129 Å². The molecule has 6 heteroatoms. The van der Waals surface area contributed by atoms with E-state index in [0.717, 1.165) is 44.2 Å². The van der Waals surface area contributed by atoms with Crippen LogP contribution in [0.2, 0.25) is 0 Å². The van der Waals surface area contributed by atoms with Crippen molar-refractivity contribution >= 4 is 17.2 Å². The Hall–Kier alpha value is -0.980. The summed E-state index contributed by atoms with van der Waals surface area (Å²) in [5.41, 5.74) is 0.801. The zero-order chi connectivity index (χ0) is 14.9. The van der Waals surface area contributed by atoms with E-state index in [1.165, 1.54) is 12.8 Å². The molecule has 0 radical (unpaired) electrons. The normalized spacial score (nSPS) is 26.1. The van der Waals surface area contributed by atoms with E-state index in [1.54, 1.807) is 18.4 Å². The minimum Gasteiger partial charge on any atom is -0.383 e. The first-order chi connectivity index (χ1) is 10.1. The summed E-state index contributed by atoms with van der Waals surface area (Å²) < 4.78 is 5.20. The molecular formula is C15H23N3O2S. The Kier molecular flexibility index (Phi) is 4.28. The predicted molar refractivity (Wildman–Crippen MR) is 82.8 cm³/mol. The van der Waals surface area contributed by atoms with Crippen LogP contribution in [-0.4, -0.2) is 66.1 Å². The van der Waals surface area contributed by atoms with Crippen molar-refractivity contribution in [2.24, 2.45) is 0 Å². The molecule has 3 heterocycles. The molecule has 1 aromatic rings. The number of aryl methyl sites for hydroxylation is 1. The fraction of sp³-hybridized carbons (Fsp3) is 0.733. The van der Waals surface area contributed by atoms with Crippen LogP contribution in [0.25, 0.3) is 0 Å². The van der Waals surface area contributed by atoms with Gasteiger partial charge in [-0.3, -0.25) is 9.69 Å². The van der Waals surface area contributed by atoms with E-state index in [1.807, 2.05) is 17.2 Å². The highest BCUT2D eigenvalue weighted by Crippen LogP contribution is 2.38. The van der Waals surface area contributed by atoms with Crippen LogP contribution in [0.4, 0.5) is 0 Å². The van der Waals surface area contributed by atoms with Crippen LogP contribution < -0.4 is 0 Å². The SMILES string of the molecule is COCCN1CCC12CCCN(C(=O)c1csc(C)n1)C2. The second-order valence-corrected chi connectivity index (χ2v) is 7.10. The third-order valence-corrected chi connectivity index (χ3v) is 5.54. The number of carbonyl (C=O) groups excluding carboxylic acids is 1. The first-order valence-electron chi connectivity index (χ1n) is 7.60. The monoisotopic (exact) mass is 309 g/mol. The fourth-order valence-corrected chi connectivity index (χ4v) is 4.09. The summed E-state index contributed by atoms with van der Waals surface area (Å²) in [4.78, 5) is 21.4. The van der Waals surface area contributed by atoms with E-state index in [2.05, 4.69) is 9.88 Å². The van der Waals surface area contributed by atoms with Crippen molar-refractivity contribution in [2.45, 2.75) is 31.7 Å². The second-order valence-electron chi connectivity index (χ2n) is 6.04. The molecule has 1 amide bonds. The molecule has 3 rings (SSSR count). The molecule has 2 saturated heterocycles. The van der Waals surface area contributed by atoms with Gasteiger partial charge in [0.15, 0.2) is 0 Å². The number of hydrogen-bond acceptors (Lipinski definition) is 5. The molecule has 1 aromatic heterocycles. The van der Waals surface area contributed by atoms with E-state index < -0.39 is 0 Å². The van der Waals surface area contributed by atoms with Crippen LogP contribution in [0.1, 0.15) is 34.8 Å². The minimum atomic E-state index is 0.0945. The largest absolute Gasteiger partial charge is 0.383 e. The summed E-state index contributed by atoms with van der Waals surface area (Å²) >= 11 is 1.54. The fourth-order valence-electron chi connectivity index (χ4n) is 3.51. The summed E-state index contributed by atoms with van der Waals surface area (Å²) in [6.07, 6.45) is 3.46. The van der Waals surface area contributed by atoms with Crippen molar-refractivity contribution in [1.29, 1.82) is 0 Å². The Morgan fingerprint density at radius 3 is 2.95 bits per heavy atom. The number of nitrogens with zero attached hydrogens (tertiary/aromatic N) is 3. The van der Waals surface area contributed by atoms with Gasteiger partial charge in [-0.15, -0.1) is 11.3 Å². The molecule has 0 bridgehead atoms. The number of methoxy groups -OCH3 is 1. The summed E-state index contributed by atoms with van der Waals surface area (Å²) in [5.74, 6) is 0.0945. The molecule has 2 aliphatic rings. The van der Waals surface area contributed by atoms with Crippen LogP contribution in [0, 0.1) is 6.92 Å². The zero-order valence-electron chi connectivity index (χ0n) is 12.8. The molecule has 116 valence electrons. The topological polar surface area (TPSA) is 45.7 Å². The number of likely N-dealkylation sites (tertiary alicyclic amines) is 2. The van der Waals surface area contributed by atoms with Crippen molar-refractivity contribution in [3.63, 3.8) is 0 Å². The lowest BCUT2D eigenvalue weighted by atomic mass is 9.77. The van der Waals surface area contributed by atoms with Gasteiger partial charge in [-0.05, 0) is 26.2 Å². The quantitative estimate of drug-likeness (QED) is 0.850. The van der Waals surface area contributed by atoms with E-state index in [9.17, 15) is 4.79 Å². The van der Waals surface area contributed by atoms with Crippen molar-refractivity contribution in [2.75, 3.05) is 39.9 Å². The molecule has 1 spiro atoms. The van der Waals surface area contributed by atoms with E-state index >= 15 is 0 Å². The Bertz CT molecular complexity index is 519. The lowest BCUT2D eigenvalue weighted by molar-refractivity contribution is -0.0679. The van der Waals surface area contributed by atoms with Gasteiger partial charge >= 0.3 is 0 Å². The molecule has 0 N–H and O–H groups in total. The average molecular weight is 309 g/mol. The van der Waals surface area contributed by atoms with Gasteiger partial charge in [-0.2, -0.15) is 0 Å². The first kappa shape index (κ1) is 14.9. The highest BCUT2D eigenvalue weighted by molar-refractivity contribution is 7.09. The van der Waals surface area contributed by atoms with Crippen LogP contribution in [0.5, 0.6) is 0 Å². The number of thiazole rings is 1. The number of hydrogen-bond donors (Lipinski definition) is 0. The number of ether oxygens (including phenoxy) is 1. The van der Waals surface area contributed by atoms with Gasteiger partial charge < -0.3 is 9.64 Å². The molecule has 0 aromatic carbocycles. The van der Waals surface area contributed by atoms with Crippen LogP contribution in [0.15, 0.2) is 5.38 Å². The number of carbonyl (C=O) groups is 1. The van der Waals surface area contributed by atoms with Gasteiger partial charge in [0.25, 0.3) is 5.91 Å². The lowest BCUT2D eigenvalue weighted by Crippen LogP contribution is -2.67. The van der Waals surface area contributed by atoms with Crippen molar-refractivity contribution in [3.8, 4) is 0 Å². The number of amides is 1. The maximum absolute atomic E-state index is 12.6. The zero-order valence-corrected chi connectivity index (χ0v) is 13.6. The summed E-state index contributed by atoms with van der Waals surface area (Å²) in [6, 6.07) is 0. The Balaban J connectivity index is 1.67. The maximum Gasteiger partial charge on any atom is 0.273 e. The Morgan fingerprint density at radius 2 is 2.33 bits per heavy atom. The number of piperidine rings is 1. The van der Waals surface area contributed by atoms with Gasteiger partial charge in [-0.25, -0.2) is 4.98 Å². The third kappa shape index (κ3) is 2.84. The summed E-state index contributed by atoms with van der Waals surface area (Å²) in [6.45, 7) is 6.50. The molecule has 1 atom stereocenters. The van der Waals surface area contributed by atoms with Crippen LogP contribution in [-0.2, 0) is 4.74 Å². The average Bonchev–Trinajstić information content (AvgIpc) is 2.92. The van der Waals surface area contributed by atoms with E-state index in [0.29, 0.717) is 5.69 Å². The predicted octanol–water partition coefficient (Wildman–Crippen LogP) is 1.78. The number of rotatable bonds is 4.